The Labute approximate surface area is 314 Å². The zero-order valence-corrected chi connectivity index (χ0v) is 32.6. The predicted molar refractivity (Wildman–Crippen MR) is 216 cm³/mol. The van der Waals surface area contributed by atoms with E-state index >= 15 is 0 Å². The number of benzene rings is 3. The first-order chi connectivity index (χ1) is 25.2. The highest BCUT2D eigenvalue weighted by molar-refractivity contribution is 9.10. The van der Waals surface area contributed by atoms with Crippen molar-refractivity contribution in [2.75, 3.05) is 74.7 Å². The molecule has 2 aliphatic heterocycles. The third-order valence-electron chi connectivity index (χ3n) is 10.4. The number of aromatic nitrogens is 4. The van der Waals surface area contributed by atoms with Crippen LogP contribution >= 0.6 is 23.1 Å². The molecule has 11 nitrogen and oxygen atoms in total. The third kappa shape index (κ3) is 7.71. The maximum atomic E-state index is 13.6. The van der Waals surface area contributed by atoms with Gasteiger partial charge < -0.3 is 30.2 Å². The number of halogens is 1. The van der Waals surface area contributed by atoms with Crippen LogP contribution in [-0.2, 0) is 11.6 Å². The van der Waals surface area contributed by atoms with Crippen molar-refractivity contribution in [1.29, 1.82) is 0 Å². The first-order valence-electron chi connectivity index (χ1n) is 18.3. The smallest absolute Gasteiger partial charge is 0.229 e. The molecule has 0 atom stereocenters. The molecule has 52 heavy (non-hydrogen) atoms. The molecule has 0 amide bonds. The van der Waals surface area contributed by atoms with Crippen LogP contribution in [0, 0.1) is 5.92 Å². The fourth-order valence-electron chi connectivity index (χ4n) is 7.55. The molecule has 0 bridgehead atoms. The van der Waals surface area contributed by atoms with Crippen LogP contribution in [0.3, 0.4) is 0 Å². The molecule has 0 unspecified atom stereocenters. The quantitative estimate of drug-likeness (QED) is 0.119. The molecule has 0 radical (unpaired) electrons. The van der Waals surface area contributed by atoms with Gasteiger partial charge in [0, 0.05) is 92.9 Å². The van der Waals surface area contributed by atoms with Gasteiger partial charge in [0.25, 0.3) is 0 Å². The van der Waals surface area contributed by atoms with E-state index in [1.165, 1.54) is 12.8 Å². The molecule has 3 fully saturated rings. The van der Waals surface area contributed by atoms with Crippen LogP contribution in [0.15, 0.2) is 71.6 Å². The summed E-state index contributed by atoms with van der Waals surface area (Å²) in [4.78, 5) is 14.8. The third-order valence-corrected chi connectivity index (χ3v) is 12.6. The van der Waals surface area contributed by atoms with Gasteiger partial charge in [-0.15, -0.1) is 0 Å². The van der Waals surface area contributed by atoms with Gasteiger partial charge in [-0.2, -0.15) is 10.1 Å². The molecule has 4 heterocycles. The van der Waals surface area contributed by atoms with Crippen molar-refractivity contribution < 1.29 is 9.30 Å². The Kier molecular flexibility index (Phi) is 10.00. The van der Waals surface area contributed by atoms with Gasteiger partial charge in [-0.3, -0.25) is 9.58 Å². The average molecular weight is 785 g/mol. The molecule has 1 aliphatic carbocycles. The van der Waals surface area contributed by atoms with Crippen molar-refractivity contribution in [2.24, 2.45) is 13.0 Å². The summed E-state index contributed by atoms with van der Waals surface area (Å²) in [7, 11) is -0.713. The lowest BCUT2D eigenvalue weighted by molar-refractivity contribution is 0.150. The maximum Gasteiger partial charge on any atom is 0.229 e. The molecular weight excluding hydrogens is 737 g/mol. The molecule has 13 heteroatoms. The van der Waals surface area contributed by atoms with Crippen molar-refractivity contribution in [3.8, 4) is 16.9 Å². The fraction of sp³-hybridized carbons (Fsp3) is 0.410. The van der Waals surface area contributed by atoms with E-state index in [0.717, 1.165) is 102 Å². The number of piperidine rings is 1. The minimum absolute atomic E-state index is 0.419. The number of hydrogen-bond donors (Lipinski definition) is 3. The van der Waals surface area contributed by atoms with Gasteiger partial charge in [0.15, 0.2) is 0 Å². The van der Waals surface area contributed by atoms with Gasteiger partial charge in [0.1, 0.15) is 18.7 Å². The second-order valence-corrected chi connectivity index (χ2v) is 18.7. The summed E-state index contributed by atoms with van der Waals surface area (Å²) in [6.07, 6.45) is 10.4. The van der Waals surface area contributed by atoms with E-state index in [2.05, 4.69) is 70.1 Å². The van der Waals surface area contributed by atoms with Crippen LogP contribution in [0.25, 0.3) is 21.9 Å². The summed E-state index contributed by atoms with van der Waals surface area (Å²) in [5.41, 5.74) is 4.85. The monoisotopic (exact) mass is 783 g/mol. The highest BCUT2D eigenvalue weighted by Gasteiger charge is 2.29. The molecule has 272 valence electrons. The molecule has 2 saturated heterocycles. The Morgan fingerprint density at radius 1 is 0.962 bits per heavy atom. The zero-order valence-electron chi connectivity index (χ0n) is 30.1. The van der Waals surface area contributed by atoms with E-state index in [-0.39, 0.29) is 0 Å². The lowest BCUT2D eigenvalue weighted by Gasteiger charge is -2.41. The van der Waals surface area contributed by atoms with E-state index in [0.29, 0.717) is 34.8 Å². The molecule has 3 aliphatic rings. The summed E-state index contributed by atoms with van der Waals surface area (Å²) in [5, 5.41) is 17.9. The Morgan fingerprint density at radius 3 is 2.48 bits per heavy atom. The normalized spacial score (nSPS) is 17.4. The lowest BCUT2D eigenvalue weighted by atomic mass is 9.98. The highest BCUT2D eigenvalue weighted by Crippen LogP contribution is 2.44. The van der Waals surface area contributed by atoms with Gasteiger partial charge in [0.05, 0.1) is 28.7 Å². The van der Waals surface area contributed by atoms with E-state index in [9.17, 15) is 4.57 Å². The SMILES string of the molecule is Cn1cc(-c2cc(Nc3ncc(Br)c(Nc4ccc5ccccc5c4P(C)(C)=O)n3)c(OCC3CC3)cc2N2CCC(N3CCNCC3)CC2)cn1. The number of rotatable bonds is 11. The predicted octanol–water partition coefficient (Wildman–Crippen LogP) is 7.19. The van der Waals surface area contributed by atoms with Gasteiger partial charge in [0.2, 0.25) is 5.95 Å². The molecule has 3 aromatic carbocycles. The first-order valence-corrected chi connectivity index (χ1v) is 21.7. The number of aryl methyl sites for hydroxylation is 1. The molecular formula is C39H47BrN9O2P. The minimum Gasteiger partial charge on any atom is -0.491 e. The summed E-state index contributed by atoms with van der Waals surface area (Å²) in [5.74, 6) is 2.36. The molecule has 2 aromatic heterocycles. The second-order valence-electron chi connectivity index (χ2n) is 14.7. The van der Waals surface area contributed by atoms with E-state index in [1.54, 1.807) is 6.20 Å². The summed E-state index contributed by atoms with van der Waals surface area (Å²) in [6.45, 7) is 10.7. The van der Waals surface area contributed by atoms with Crippen LogP contribution in [0.1, 0.15) is 25.7 Å². The molecule has 5 aromatic rings. The number of fused-ring (bicyclic) bond motifs is 1. The van der Waals surface area contributed by atoms with Crippen molar-refractivity contribution in [3.63, 3.8) is 0 Å². The molecule has 1 saturated carbocycles. The Bertz CT molecular complexity index is 2120. The Morgan fingerprint density at radius 2 is 1.75 bits per heavy atom. The number of nitrogens with one attached hydrogen (secondary N) is 3. The number of hydrogen-bond acceptors (Lipinski definition) is 10. The lowest BCUT2D eigenvalue weighted by Crippen LogP contribution is -2.52. The van der Waals surface area contributed by atoms with Crippen LogP contribution in [-0.4, -0.2) is 89.9 Å². The van der Waals surface area contributed by atoms with Crippen molar-refractivity contribution >= 4 is 68.0 Å². The highest BCUT2D eigenvalue weighted by atomic mass is 79.9. The second kappa shape index (κ2) is 14.8. The van der Waals surface area contributed by atoms with Crippen LogP contribution < -0.4 is 30.9 Å². The molecule has 0 spiro atoms. The Balaban J connectivity index is 1.13. The Hall–Kier alpha value is -3.96. The number of anilines is 5. The number of ether oxygens (including phenoxy) is 1. The van der Waals surface area contributed by atoms with Crippen molar-refractivity contribution in [3.05, 3.63) is 71.6 Å². The first kappa shape index (κ1) is 35.1. The van der Waals surface area contributed by atoms with E-state index in [4.69, 9.17) is 9.72 Å². The summed E-state index contributed by atoms with van der Waals surface area (Å²) in [6, 6.07) is 17.1. The average Bonchev–Trinajstić information content (AvgIpc) is 3.89. The van der Waals surface area contributed by atoms with Crippen LogP contribution in [0.5, 0.6) is 5.75 Å². The van der Waals surface area contributed by atoms with E-state index in [1.807, 2.05) is 67.7 Å². The summed E-state index contributed by atoms with van der Waals surface area (Å²) < 4.78 is 22.8. The summed E-state index contributed by atoms with van der Waals surface area (Å²) >= 11 is 3.66. The van der Waals surface area contributed by atoms with Crippen LogP contribution in [0.4, 0.5) is 28.8 Å². The number of piperazine rings is 1. The minimum atomic E-state index is -2.67. The fourth-order valence-corrected chi connectivity index (χ4v) is 9.33. The van der Waals surface area contributed by atoms with Crippen LogP contribution in [0.2, 0.25) is 0 Å². The van der Waals surface area contributed by atoms with Gasteiger partial charge in [-0.1, -0.05) is 30.3 Å². The molecule has 8 rings (SSSR count). The van der Waals surface area contributed by atoms with E-state index < -0.39 is 7.14 Å². The van der Waals surface area contributed by atoms with Gasteiger partial charge >= 0.3 is 0 Å². The van der Waals surface area contributed by atoms with Crippen molar-refractivity contribution in [1.82, 2.24) is 30.0 Å². The van der Waals surface area contributed by atoms with Gasteiger partial charge in [-0.05, 0) is 83.8 Å². The topological polar surface area (TPSA) is 112 Å². The largest absolute Gasteiger partial charge is 0.491 e. The zero-order chi connectivity index (χ0) is 35.8. The maximum absolute atomic E-state index is 13.6. The number of nitrogens with zero attached hydrogens (tertiary/aromatic N) is 6. The standard InChI is InChI=1S/C39H47BrN9O2P/c1-47-24-28(22-43-47)31-20-34(36(51-25-26-8-9-26)21-35(31)49-16-12-29(13-17-49)48-18-14-41-15-19-48)45-39-42-23-32(40)38(46-39)44-33-11-10-27-6-4-5-7-30(27)37(33)52(2,3)50/h4-7,10-11,20-24,26,29,41H,8-9,12-19,25H2,1-3H3,(H2,42,44,45,46). The van der Waals surface area contributed by atoms with Crippen molar-refractivity contribution in [2.45, 2.75) is 31.7 Å². The molecule has 3 N–H and O–H groups in total. The van der Waals surface area contributed by atoms with Gasteiger partial charge in [-0.25, -0.2) is 4.98 Å².